The molecule has 0 saturated carbocycles. The van der Waals surface area contributed by atoms with Gasteiger partial charge in [0.15, 0.2) is 0 Å². The number of hydrogen-bond acceptors (Lipinski definition) is 2. The third kappa shape index (κ3) is 4.36. The first-order chi connectivity index (χ1) is 13.2. The van der Waals surface area contributed by atoms with E-state index in [1.807, 2.05) is 18.2 Å². The lowest BCUT2D eigenvalue weighted by atomic mass is 9.87. The van der Waals surface area contributed by atoms with Gasteiger partial charge in [-0.05, 0) is 61.4 Å². The minimum absolute atomic E-state index is 0.0651. The van der Waals surface area contributed by atoms with Gasteiger partial charge in [0.25, 0.3) is 0 Å². The second kappa shape index (κ2) is 8.45. The van der Waals surface area contributed by atoms with Crippen LogP contribution in [0, 0.1) is 5.92 Å². The molecule has 0 unspecified atom stereocenters. The molecule has 0 radical (unpaired) electrons. The summed E-state index contributed by atoms with van der Waals surface area (Å²) in [5.74, 6) is 0.274. The van der Waals surface area contributed by atoms with Crippen molar-refractivity contribution in [1.29, 1.82) is 0 Å². The van der Waals surface area contributed by atoms with Gasteiger partial charge in [0, 0.05) is 18.1 Å². The topological polar surface area (TPSA) is 32.3 Å². The zero-order valence-corrected chi connectivity index (χ0v) is 16.4. The first-order valence-electron chi connectivity index (χ1n) is 10.0. The van der Waals surface area contributed by atoms with Crippen LogP contribution in [-0.2, 0) is 17.8 Å². The highest BCUT2D eigenvalue weighted by Crippen LogP contribution is 2.30. The van der Waals surface area contributed by atoms with Gasteiger partial charge in [-0.3, -0.25) is 9.69 Å². The van der Waals surface area contributed by atoms with Crippen molar-refractivity contribution in [3.8, 4) is 0 Å². The Balaban J connectivity index is 1.39. The van der Waals surface area contributed by atoms with Crippen LogP contribution in [0.25, 0.3) is 0 Å². The molecule has 0 spiro atoms. The molecule has 1 aliphatic carbocycles. The largest absolute Gasteiger partial charge is 0.349 e. The van der Waals surface area contributed by atoms with Gasteiger partial charge in [-0.25, -0.2) is 0 Å². The number of nitrogens with zero attached hydrogens (tertiary/aromatic N) is 1. The first-order valence-corrected chi connectivity index (χ1v) is 10.4. The average molecular weight is 383 g/mol. The summed E-state index contributed by atoms with van der Waals surface area (Å²) < 4.78 is 0. The number of halogens is 1. The molecular weight excluding hydrogens is 356 g/mol. The SMILES string of the molecule is O=C(N[C@H]1CCCc2ccccc21)[C@@H]1CCCN(Cc2ccccc2Cl)C1. The third-order valence-corrected chi connectivity index (χ3v) is 6.28. The van der Waals surface area contributed by atoms with Gasteiger partial charge < -0.3 is 5.32 Å². The molecular formula is C23H27ClN2O. The van der Waals surface area contributed by atoms with E-state index in [1.54, 1.807) is 0 Å². The number of fused-ring (bicyclic) bond motifs is 1. The summed E-state index contributed by atoms with van der Waals surface area (Å²) in [5.41, 5.74) is 3.83. The molecule has 0 bridgehead atoms. The van der Waals surface area contributed by atoms with Crippen LogP contribution in [0.5, 0.6) is 0 Å². The van der Waals surface area contributed by atoms with E-state index in [0.717, 1.165) is 62.3 Å². The van der Waals surface area contributed by atoms with Crippen LogP contribution in [0.15, 0.2) is 48.5 Å². The maximum Gasteiger partial charge on any atom is 0.224 e. The predicted octanol–water partition coefficient (Wildman–Crippen LogP) is 4.75. The number of likely N-dealkylation sites (tertiary alicyclic amines) is 1. The molecule has 1 saturated heterocycles. The highest BCUT2D eigenvalue weighted by molar-refractivity contribution is 6.31. The minimum atomic E-state index is 0.0651. The highest BCUT2D eigenvalue weighted by atomic mass is 35.5. The fourth-order valence-electron chi connectivity index (χ4n) is 4.47. The number of carbonyl (C=O) groups is 1. The van der Waals surface area contributed by atoms with E-state index < -0.39 is 0 Å². The Labute approximate surface area is 166 Å². The van der Waals surface area contributed by atoms with Gasteiger partial charge in [-0.2, -0.15) is 0 Å². The number of aryl methyl sites for hydroxylation is 1. The quantitative estimate of drug-likeness (QED) is 0.827. The van der Waals surface area contributed by atoms with Crippen LogP contribution in [0.2, 0.25) is 5.02 Å². The first kappa shape index (κ1) is 18.5. The van der Waals surface area contributed by atoms with E-state index in [1.165, 1.54) is 11.1 Å². The minimum Gasteiger partial charge on any atom is -0.349 e. The van der Waals surface area contributed by atoms with Crippen LogP contribution >= 0.6 is 11.6 Å². The molecule has 2 atom stereocenters. The van der Waals surface area contributed by atoms with Crippen LogP contribution in [0.4, 0.5) is 0 Å². The Morgan fingerprint density at radius 2 is 1.89 bits per heavy atom. The lowest BCUT2D eigenvalue weighted by molar-refractivity contribution is -0.127. The van der Waals surface area contributed by atoms with Crippen molar-refractivity contribution in [2.45, 2.75) is 44.7 Å². The predicted molar refractivity (Wildman–Crippen MR) is 110 cm³/mol. The van der Waals surface area contributed by atoms with Crippen molar-refractivity contribution < 1.29 is 4.79 Å². The van der Waals surface area contributed by atoms with E-state index in [0.29, 0.717) is 0 Å². The van der Waals surface area contributed by atoms with Crippen molar-refractivity contribution in [2.24, 2.45) is 5.92 Å². The molecule has 1 aliphatic heterocycles. The Morgan fingerprint density at radius 3 is 2.78 bits per heavy atom. The summed E-state index contributed by atoms with van der Waals surface area (Å²) in [5, 5.41) is 4.16. The Kier molecular flexibility index (Phi) is 5.80. The Hall–Kier alpha value is -1.84. The number of rotatable bonds is 4. The molecule has 1 fully saturated rings. The normalized spacial score (nSPS) is 22.9. The third-order valence-electron chi connectivity index (χ3n) is 5.91. The lowest BCUT2D eigenvalue weighted by Crippen LogP contribution is -2.44. The number of piperidine rings is 1. The Morgan fingerprint density at radius 1 is 1.07 bits per heavy atom. The van der Waals surface area contributed by atoms with Crippen molar-refractivity contribution in [2.75, 3.05) is 13.1 Å². The monoisotopic (exact) mass is 382 g/mol. The van der Waals surface area contributed by atoms with Crippen LogP contribution in [-0.4, -0.2) is 23.9 Å². The number of hydrogen-bond donors (Lipinski definition) is 1. The zero-order chi connectivity index (χ0) is 18.6. The molecule has 3 nitrogen and oxygen atoms in total. The van der Waals surface area contributed by atoms with E-state index in [9.17, 15) is 4.79 Å². The second-order valence-electron chi connectivity index (χ2n) is 7.82. The molecule has 27 heavy (non-hydrogen) atoms. The summed E-state index contributed by atoms with van der Waals surface area (Å²) in [6.07, 6.45) is 5.34. The molecule has 2 aliphatic rings. The molecule has 4 heteroatoms. The fraction of sp³-hybridized carbons (Fsp3) is 0.435. The number of amides is 1. The molecule has 2 aromatic carbocycles. The summed E-state index contributed by atoms with van der Waals surface area (Å²) in [7, 11) is 0. The van der Waals surface area contributed by atoms with Gasteiger partial charge in [0.1, 0.15) is 0 Å². The molecule has 1 amide bonds. The maximum atomic E-state index is 13.0. The van der Waals surface area contributed by atoms with E-state index in [-0.39, 0.29) is 17.9 Å². The van der Waals surface area contributed by atoms with Crippen LogP contribution in [0.1, 0.15) is 48.4 Å². The summed E-state index contributed by atoms with van der Waals surface area (Å²) in [4.78, 5) is 15.3. The van der Waals surface area contributed by atoms with Crippen molar-refractivity contribution in [1.82, 2.24) is 10.2 Å². The van der Waals surface area contributed by atoms with Crippen molar-refractivity contribution >= 4 is 17.5 Å². The van der Waals surface area contributed by atoms with E-state index in [2.05, 4.69) is 40.5 Å². The van der Waals surface area contributed by atoms with Gasteiger partial charge in [-0.1, -0.05) is 54.1 Å². The summed E-state index contributed by atoms with van der Waals surface area (Å²) >= 11 is 6.31. The molecule has 4 rings (SSSR count). The van der Waals surface area contributed by atoms with Gasteiger partial charge in [-0.15, -0.1) is 0 Å². The Bertz CT molecular complexity index is 806. The van der Waals surface area contributed by atoms with Gasteiger partial charge in [0.2, 0.25) is 5.91 Å². The number of benzene rings is 2. The van der Waals surface area contributed by atoms with E-state index >= 15 is 0 Å². The second-order valence-corrected chi connectivity index (χ2v) is 8.23. The number of nitrogens with one attached hydrogen (secondary N) is 1. The molecule has 1 N–H and O–H groups in total. The van der Waals surface area contributed by atoms with Crippen LogP contribution < -0.4 is 5.32 Å². The fourth-order valence-corrected chi connectivity index (χ4v) is 4.67. The summed E-state index contributed by atoms with van der Waals surface area (Å²) in [6.45, 7) is 2.66. The van der Waals surface area contributed by atoms with Crippen LogP contribution in [0.3, 0.4) is 0 Å². The maximum absolute atomic E-state index is 13.0. The summed E-state index contributed by atoms with van der Waals surface area (Å²) in [6, 6.07) is 16.7. The smallest absolute Gasteiger partial charge is 0.224 e. The molecule has 0 aromatic heterocycles. The molecule has 2 aromatic rings. The van der Waals surface area contributed by atoms with Crippen molar-refractivity contribution in [3.63, 3.8) is 0 Å². The standard InChI is InChI=1S/C23H27ClN2O/c24-21-12-4-2-8-18(21)15-26-14-6-10-19(16-26)23(27)25-22-13-5-9-17-7-1-3-11-20(17)22/h1-4,7-8,11-12,19,22H,5-6,9-10,13-16H2,(H,25,27)/t19-,22+/m1/s1. The zero-order valence-electron chi connectivity index (χ0n) is 15.7. The molecule has 1 heterocycles. The highest BCUT2D eigenvalue weighted by Gasteiger charge is 2.29. The van der Waals surface area contributed by atoms with Gasteiger partial charge in [0.05, 0.1) is 12.0 Å². The number of carbonyl (C=O) groups excluding carboxylic acids is 1. The lowest BCUT2D eigenvalue weighted by Gasteiger charge is -2.34. The average Bonchev–Trinajstić information content (AvgIpc) is 2.70. The van der Waals surface area contributed by atoms with Gasteiger partial charge >= 0.3 is 0 Å². The van der Waals surface area contributed by atoms with E-state index in [4.69, 9.17) is 11.6 Å². The van der Waals surface area contributed by atoms with Crippen molar-refractivity contribution in [3.05, 3.63) is 70.2 Å². The molecule has 142 valence electrons.